The maximum absolute atomic E-state index is 5.84. The minimum absolute atomic E-state index is 0.0579. The predicted molar refractivity (Wildman–Crippen MR) is 96.5 cm³/mol. The number of pyridine rings is 1. The number of rotatable bonds is 4. The highest BCUT2D eigenvalue weighted by molar-refractivity contribution is 7.80. The van der Waals surface area contributed by atoms with Crippen LogP contribution in [0.4, 0.5) is 0 Å². The molecule has 2 saturated heterocycles. The normalized spacial score (nSPS) is 26.8. The van der Waals surface area contributed by atoms with Gasteiger partial charge in [-0.05, 0) is 48.8 Å². The lowest BCUT2D eigenvalue weighted by atomic mass is 9.99. The lowest BCUT2D eigenvalue weighted by molar-refractivity contribution is 0.0842. The molecule has 5 nitrogen and oxygen atoms in total. The van der Waals surface area contributed by atoms with E-state index in [9.17, 15) is 0 Å². The number of ether oxygens (including phenoxy) is 1. The van der Waals surface area contributed by atoms with E-state index in [1.807, 2.05) is 25.4 Å². The van der Waals surface area contributed by atoms with Gasteiger partial charge in [0.25, 0.3) is 0 Å². The number of hydrogen-bond donors (Lipinski definition) is 1. The number of aryl methyl sites for hydroxylation is 1. The zero-order valence-electron chi connectivity index (χ0n) is 13.8. The lowest BCUT2D eigenvalue weighted by Gasteiger charge is -2.29. The first kappa shape index (κ1) is 15.6. The van der Waals surface area contributed by atoms with Gasteiger partial charge in [0.15, 0.2) is 5.11 Å². The summed E-state index contributed by atoms with van der Waals surface area (Å²) in [5.74, 6) is 0. The van der Waals surface area contributed by atoms with Gasteiger partial charge in [-0.2, -0.15) is 0 Å². The second-order valence-corrected chi connectivity index (χ2v) is 6.91. The molecule has 2 fully saturated rings. The molecule has 2 aromatic heterocycles. The van der Waals surface area contributed by atoms with E-state index < -0.39 is 0 Å². The van der Waals surface area contributed by atoms with Crippen LogP contribution < -0.4 is 5.32 Å². The Morgan fingerprint density at radius 2 is 2.29 bits per heavy atom. The van der Waals surface area contributed by atoms with Gasteiger partial charge in [-0.3, -0.25) is 4.98 Å². The highest BCUT2D eigenvalue weighted by Crippen LogP contribution is 2.39. The van der Waals surface area contributed by atoms with Crippen LogP contribution in [0.1, 0.15) is 36.2 Å². The summed E-state index contributed by atoms with van der Waals surface area (Å²) in [5, 5.41) is 4.27. The summed E-state index contributed by atoms with van der Waals surface area (Å²) in [4.78, 5) is 6.83. The second kappa shape index (κ2) is 6.53. The quantitative estimate of drug-likeness (QED) is 0.865. The van der Waals surface area contributed by atoms with Gasteiger partial charge in [0.1, 0.15) is 0 Å². The Morgan fingerprint density at radius 1 is 1.38 bits per heavy atom. The number of nitrogens with zero attached hydrogens (tertiary/aromatic N) is 3. The van der Waals surface area contributed by atoms with Gasteiger partial charge in [0, 0.05) is 38.8 Å². The SMILES string of the molecule is Cn1ccc([C@@H]2[C@@H](c3ccccn3)NC(=S)N2C[C@@H]2CCCO2)c1. The van der Waals surface area contributed by atoms with Crippen molar-refractivity contribution in [1.82, 2.24) is 19.8 Å². The third kappa shape index (κ3) is 2.91. The average molecular weight is 342 g/mol. The van der Waals surface area contributed by atoms with E-state index in [-0.39, 0.29) is 18.2 Å². The van der Waals surface area contributed by atoms with Crippen LogP contribution in [-0.2, 0) is 11.8 Å². The second-order valence-electron chi connectivity index (χ2n) is 6.52. The Bertz CT molecular complexity index is 711. The zero-order chi connectivity index (χ0) is 16.5. The van der Waals surface area contributed by atoms with Crippen LogP contribution in [0.2, 0.25) is 0 Å². The van der Waals surface area contributed by atoms with Gasteiger partial charge in [0.05, 0.1) is 23.9 Å². The largest absolute Gasteiger partial charge is 0.376 e. The summed E-state index contributed by atoms with van der Waals surface area (Å²) in [5.41, 5.74) is 2.27. The molecule has 2 aliphatic heterocycles. The van der Waals surface area contributed by atoms with Crippen LogP contribution in [0.3, 0.4) is 0 Å². The number of aromatic nitrogens is 2. The molecule has 0 aliphatic carbocycles. The Morgan fingerprint density at radius 3 is 2.96 bits per heavy atom. The fourth-order valence-corrected chi connectivity index (χ4v) is 3.99. The summed E-state index contributed by atoms with van der Waals surface area (Å²) >= 11 is 5.66. The van der Waals surface area contributed by atoms with E-state index in [0.717, 1.165) is 36.8 Å². The molecular weight excluding hydrogens is 320 g/mol. The van der Waals surface area contributed by atoms with Crippen molar-refractivity contribution in [2.45, 2.75) is 31.0 Å². The predicted octanol–water partition coefficient (Wildman–Crippen LogP) is 2.57. The fraction of sp³-hybridized carbons (Fsp3) is 0.444. The van der Waals surface area contributed by atoms with Crippen LogP contribution in [0.5, 0.6) is 0 Å². The van der Waals surface area contributed by atoms with E-state index in [1.165, 1.54) is 5.56 Å². The van der Waals surface area contributed by atoms with Gasteiger partial charge in [-0.25, -0.2) is 0 Å². The van der Waals surface area contributed by atoms with Crippen LogP contribution in [0.25, 0.3) is 0 Å². The zero-order valence-corrected chi connectivity index (χ0v) is 14.6. The van der Waals surface area contributed by atoms with Crippen LogP contribution in [0, 0.1) is 0 Å². The molecular formula is C18H22N4OS. The molecule has 0 bridgehead atoms. The molecule has 4 heterocycles. The van der Waals surface area contributed by atoms with Crippen molar-refractivity contribution in [3.8, 4) is 0 Å². The van der Waals surface area contributed by atoms with Crippen LogP contribution >= 0.6 is 12.2 Å². The first-order valence-corrected chi connectivity index (χ1v) is 8.85. The molecule has 0 spiro atoms. The van der Waals surface area contributed by atoms with E-state index in [1.54, 1.807) is 0 Å². The topological polar surface area (TPSA) is 42.3 Å². The average Bonchev–Trinajstić information content (AvgIpc) is 3.31. The van der Waals surface area contributed by atoms with Crippen molar-refractivity contribution >= 4 is 17.3 Å². The first-order valence-electron chi connectivity index (χ1n) is 8.44. The summed E-state index contributed by atoms with van der Waals surface area (Å²) in [6.07, 6.45) is 8.59. The van der Waals surface area contributed by atoms with E-state index in [4.69, 9.17) is 17.0 Å². The smallest absolute Gasteiger partial charge is 0.170 e. The molecule has 0 unspecified atom stereocenters. The van der Waals surface area contributed by atoms with Gasteiger partial charge in [-0.1, -0.05) is 6.07 Å². The van der Waals surface area contributed by atoms with Crippen LogP contribution in [0.15, 0.2) is 42.9 Å². The van der Waals surface area contributed by atoms with Crippen LogP contribution in [-0.4, -0.2) is 38.8 Å². The lowest BCUT2D eigenvalue weighted by Crippen LogP contribution is -2.36. The summed E-state index contributed by atoms with van der Waals surface area (Å²) in [7, 11) is 2.05. The molecule has 3 atom stereocenters. The van der Waals surface area contributed by atoms with Gasteiger partial charge in [-0.15, -0.1) is 0 Å². The Hall–Kier alpha value is -1.92. The molecule has 6 heteroatoms. The molecule has 0 aromatic carbocycles. The molecule has 1 N–H and O–H groups in total. The molecule has 24 heavy (non-hydrogen) atoms. The molecule has 126 valence electrons. The van der Waals surface area contributed by atoms with E-state index >= 15 is 0 Å². The van der Waals surface area contributed by atoms with Crippen molar-refractivity contribution in [2.75, 3.05) is 13.2 Å². The van der Waals surface area contributed by atoms with E-state index in [2.05, 4.69) is 44.3 Å². The van der Waals surface area contributed by atoms with Gasteiger partial charge >= 0.3 is 0 Å². The monoisotopic (exact) mass is 342 g/mol. The summed E-state index contributed by atoms with van der Waals surface area (Å²) in [6, 6.07) is 8.39. The minimum atomic E-state index is 0.0579. The molecule has 0 amide bonds. The Labute approximate surface area is 147 Å². The molecule has 0 saturated carbocycles. The third-order valence-electron chi connectivity index (χ3n) is 4.82. The van der Waals surface area contributed by atoms with Gasteiger partial charge < -0.3 is 19.5 Å². The molecule has 2 aromatic rings. The van der Waals surface area contributed by atoms with Crippen molar-refractivity contribution in [2.24, 2.45) is 7.05 Å². The minimum Gasteiger partial charge on any atom is -0.376 e. The maximum atomic E-state index is 5.84. The first-order chi connectivity index (χ1) is 11.7. The summed E-state index contributed by atoms with van der Waals surface area (Å²) in [6.45, 7) is 1.69. The van der Waals surface area contributed by atoms with Crippen molar-refractivity contribution in [3.63, 3.8) is 0 Å². The highest BCUT2D eigenvalue weighted by Gasteiger charge is 2.41. The molecule has 4 rings (SSSR count). The third-order valence-corrected chi connectivity index (χ3v) is 5.17. The number of hydrogen-bond acceptors (Lipinski definition) is 3. The summed E-state index contributed by atoms with van der Waals surface area (Å²) < 4.78 is 7.92. The maximum Gasteiger partial charge on any atom is 0.170 e. The Balaban J connectivity index is 1.67. The standard InChI is InChI=1S/C18H22N4OS/c1-21-9-7-13(11-21)17-16(15-6-2-3-8-19-15)20-18(24)22(17)12-14-5-4-10-23-14/h2-3,6-9,11,14,16-17H,4-5,10,12H2,1H3,(H,20,24)/t14-,16+,17+/m0/s1. The van der Waals surface area contributed by atoms with Crippen molar-refractivity contribution in [1.29, 1.82) is 0 Å². The molecule has 2 aliphatic rings. The van der Waals surface area contributed by atoms with Gasteiger partial charge in [0.2, 0.25) is 0 Å². The highest BCUT2D eigenvalue weighted by atomic mass is 32.1. The van der Waals surface area contributed by atoms with Crippen molar-refractivity contribution < 1.29 is 4.74 Å². The number of thiocarbonyl (C=S) groups is 1. The number of nitrogens with one attached hydrogen (secondary N) is 1. The van der Waals surface area contributed by atoms with E-state index in [0.29, 0.717) is 0 Å². The Kier molecular flexibility index (Phi) is 4.24. The van der Waals surface area contributed by atoms with Crippen molar-refractivity contribution in [3.05, 3.63) is 54.1 Å². The molecule has 0 radical (unpaired) electrons. The fourth-order valence-electron chi connectivity index (χ4n) is 3.67.